The van der Waals surface area contributed by atoms with Crippen molar-refractivity contribution < 1.29 is 13.2 Å². The summed E-state index contributed by atoms with van der Waals surface area (Å²) in [5.41, 5.74) is 0.338. The van der Waals surface area contributed by atoms with Crippen LogP contribution in [0, 0.1) is 17.6 Å². The largest absolute Gasteiger partial charge is 0.381 e. The zero-order valence-electron chi connectivity index (χ0n) is 8.75. The Kier molecular flexibility index (Phi) is 3.27. The molecule has 1 heterocycles. The molecule has 1 aromatic heterocycles. The number of halogens is 3. The Labute approximate surface area is 96.1 Å². The van der Waals surface area contributed by atoms with E-state index in [-0.39, 0.29) is 12.1 Å². The molecular weight excluding hydrogens is 229 g/mol. The Bertz CT molecular complexity index is 509. The highest BCUT2D eigenvalue weighted by Gasteiger charge is 2.07. The van der Waals surface area contributed by atoms with Crippen LogP contribution in [0.5, 0.6) is 0 Å². The maximum absolute atomic E-state index is 13.3. The van der Waals surface area contributed by atoms with Crippen LogP contribution in [0.2, 0.25) is 0 Å². The Morgan fingerprint density at radius 3 is 2.41 bits per heavy atom. The SMILES string of the molecule is Fc1cc(NCc2c(F)cccc2F)ccn1. The van der Waals surface area contributed by atoms with Gasteiger partial charge in [0.2, 0.25) is 5.95 Å². The van der Waals surface area contributed by atoms with E-state index in [1.165, 1.54) is 30.5 Å². The van der Waals surface area contributed by atoms with Crippen LogP contribution in [0.15, 0.2) is 36.5 Å². The van der Waals surface area contributed by atoms with Gasteiger partial charge >= 0.3 is 0 Å². The zero-order valence-corrected chi connectivity index (χ0v) is 8.75. The standard InChI is InChI=1S/C12H9F3N2/c13-10-2-1-3-11(14)9(10)7-17-8-4-5-16-12(15)6-8/h1-6H,7H2,(H,16,17). The molecule has 0 fully saturated rings. The van der Waals surface area contributed by atoms with Crippen LogP contribution in [0.1, 0.15) is 5.56 Å². The van der Waals surface area contributed by atoms with Gasteiger partial charge in [0.25, 0.3) is 0 Å². The van der Waals surface area contributed by atoms with E-state index in [2.05, 4.69) is 10.3 Å². The number of nitrogens with zero attached hydrogens (tertiary/aromatic N) is 1. The molecule has 0 unspecified atom stereocenters. The van der Waals surface area contributed by atoms with Gasteiger partial charge in [0.1, 0.15) is 11.6 Å². The first-order valence-electron chi connectivity index (χ1n) is 4.95. The first kappa shape index (κ1) is 11.4. The van der Waals surface area contributed by atoms with Gasteiger partial charge in [-0.2, -0.15) is 4.39 Å². The van der Waals surface area contributed by atoms with Crippen molar-refractivity contribution in [1.29, 1.82) is 0 Å². The second kappa shape index (κ2) is 4.86. The molecule has 5 heteroatoms. The minimum absolute atomic E-state index is 0.0536. The lowest BCUT2D eigenvalue weighted by Crippen LogP contribution is -2.04. The van der Waals surface area contributed by atoms with Gasteiger partial charge in [-0.3, -0.25) is 0 Å². The third-order valence-electron chi connectivity index (χ3n) is 2.26. The lowest BCUT2D eigenvalue weighted by atomic mass is 10.2. The molecule has 0 aliphatic rings. The Morgan fingerprint density at radius 2 is 1.76 bits per heavy atom. The second-order valence-electron chi connectivity index (χ2n) is 3.42. The molecular formula is C12H9F3N2. The summed E-state index contributed by atoms with van der Waals surface area (Å²) in [5.74, 6) is -1.91. The molecule has 0 aliphatic carbocycles. The fourth-order valence-electron chi connectivity index (χ4n) is 1.40. The fourth-order valence-corrected chi connectivity index (χ4v) is 1.40. The second-order valence-corrected chi connectivity index (χ2v) is 3.42. The van der Waals surface area contributed by atoms with Crippen LogP contribution in [-0.2, 0) is 6.54 Å². The highest BCUT2D eigenvalue weighted by Crippen LogP contribution is 2.14. The molecule has 2 nitrogen and oxygen atoms in total. The average molecular weight is 238 g/mol. The van der Waals surface area contributed by atoms with Crippen molar-refractivity contribution in [3.05, 3.63) is 59.7 Å². The fraction of sp³-hybridized carbons (Fsp3) is 0.0833. The third kappa shape index (κ3) is 2.75. The van der Waals surface area contributed by atoms with Gasteiger partial charge in [-0.1, -0.05) is 6.07 Å². The molecule has 0 bridgehead atoms. The maximum atomic E-state index is 13.3. The summed E-state index contributed by atoms with van der Waals surface area (Å²) in [6, 6.07) is 6.31. The molecule has 0 amide bonds. The maximum Gasteiger partial charge on any atom is 0.214 e. The van der Waals surface area contributed by atoms with E-state index < -0.39 is 17.6 Å². The van der Waals surface area contributed by atoms with E-state index in [9.17, 15) is 13.2 Å². The van der Waals surface area contributed by atoms with Crippen molar-refractivity contribution in [2.24, 2.45) is 0 Å². The first-order chi connectivity index (χ1) is 8.16. The number of rotatable bonds is 3. The molecule has 88 valence electrons. The van der Waals surface area contributed by atoms with E-state index in [1.54, 1.807) is 0 Å². The van der Waals surface area contributed by atoms with Gasteiger partial charge in [-0.05, 0) is 18.2 Å². The third-order valence-corrected chi connectivity index (χ3v) is 2.26. The summed E-state index contributed by atoms with van der Waals surface area (Å²) < 4.78 is 39.3. The van der Waals surface area contributed by atoms with Crippen LogP contribution in [-0.4, -0.2) is 4.98 Å². The lowest BCUT2D eigenvalue weighted by molar-refractivity contribution is 0.560. The summed E-state index contributed by atoms with van der Waals surface area (Å²) >= 11 is 0. The lowest BCUT2D eigenvalue weighted by Gasteiger charge is -2.08. The van der Waals surface area contributed by atoms with Crippen molar-refractivity contribution in [3.63, 3.8) is 0 Å². The molecule has 1 aromatic carbocycles. The highest BCUT2D eigenvalue weighted by atomic mass is 19.1. The number of anilines is 1. The molecule has 0 atom stereocenters. The minimum Gasteiger partial charge on any atom is -0.381 e. The molecule has 2 rings (SSSR count). The van der Waals surface area contributed by atoms with Crippen molar-refractivity contribution in [2.75, 3.05) is 5.32 Å². The first-order valence-corrected chi connectivity index (χ1v) is 4.95. The topological polar surface area (TPSA) is 24.9 Å². The van der Waals surface area contributed by atoms with E-state index in [0.717, 1.165) is 6.07 Å². The number of benzene rings is 1. The summed E-state index contributed by atoms with van der Waals surface area (Å²) in [7, 11) is 0. The number of nitrogens with one attached hydrogen (secondary N) is 1. The smallest absolute Gasteiger partial charge is 0.214 e. The predicted molar refractivity (Wildman–Crippen MR) is 57.9 cm³/mol. The number of hydrogen-bond donors (Lipinski definition) is 1. The molecule has 0 aliphatic heterocycles. The quantitative estimate of drug-likeness (QED) is 0.831. The number of hydrogen-bond acceptors (Lipinski definition) is 2. The summed E-state index contributed by atoms with van der Waals surface area (Å²) in [6.07, 6.45) is 1.27. The summed E-state index contributed by atoms with van der Waals surface area (Å²) in [5, 5.41) is 2.72. The van der Waals surface area contributed by atoms with Gasteiger partial charge in [-0.15, -0.1) is 0 Å². The van der Waals surface area contributed by atoms with E-state index >= 15 is 0 Å². The monoisotopic (exact) mass is 238 g/mol. The van der Waals surface area contributed by atoms with Crippen LogP contribution in [0.3, 0.4) is 0 Å². The molecule has 0 saturated heterocycles. The number of pyridine rings is 1. The van der Waals surface area contributed by atoms with Crippen molar-refractivity contribution in [2.45, 2.75) is 6.54 Å². The van der Waals surface area contributed by atoms with Crippen LogP contribution >= 0.6 is 0 Å². The van der Waals surface area contributed by atoms with Gasteiger partial charge in [-0.25, -0.2) is 13.8 Å². The minimum atomic E-state index is -0.649. The molecule has 1 N–H and O–H groups in total. The zero-order chi connectivity index (χ0) is 12.3. The van der Waals surface area contributed by atoms with Gasteiger partial charge in [0, 0.05) is 30.1 Å². The molecule has 2 aromatic rings. The average Bonchev–Trinajstić information content (AvgIpc) is 2.28. The Balaban J connectivity index is 2.13. The van der Waals surface area contributed by atoms with E-state index in [4.69, 9.17) is 0 Å². The highest BCUT2D eigenvalue weighted by molar-refractivity contribution is 5.42. The van der Waals surface area contributed by atoms with E-state index in [1.807, 2.05) is 0 Å². The molecule has 0 radical (unpaired) electrons. The summed E-state index contributed by atoms with van der Waals surface area (Å²) in [6.45, 7) is -0.0536. The van der Waals surface area contributed by atoms with Crippen molar-refractivity contribution in [1.82, 2.24) is 4.98 Å². The van der Waals surface area contributed by atoms with Crippen LogP contribution in [0.25, 0.3) is 0 Å². The van der Waals surface area contributed by atoms with Gasteiger partial charge in [0.15, 0.2) is 0 Å². The van der Waals surface area contributed by atoms with E-state index in [0.29, 0.717) is 5.69 Å². The molecule has 0 saturated carbocycles. The number of aromatic nitrogens is 1. The Hall–Kier alpha value is -2.04. The predicted octanol–water partition coefficient (Wildman–Crippen LogP) is 3.11. The normalized spacial score (nSPS) is 10.3. The van der Waals surface area contributed by atoms with Crippen molar-refractivity contribution >= 4 is 5.69 Å². The summed E-state index contributed by atoms with van der Waals surface area (Å²) in [4.78, 5) is 3.38. The van der Waals surface area contributed by atoms with Crippen molar-refractivity contribution in [3.8, 4) is 0 Å². The Morgan fingerprint density at radius 1 is 1.06 bits per heavy atom. The van der Waals surface area contributed by atoms with Gasteiger partial charge in [0.05, 0.1) is 0 Å². The van der Waals surface area contributed by atoms with Crippen LogP contribution < -0.4 is 5.32 Å². The molecule has 0 spiro atoms. The van der Waals surface area contributed by atoms with Crippen LogP contribution in [0.4, 0.5) is 18.9 Å². The molecule has 17 heavy (non-hydrogen) atoms. The van der Waals surface area contributed by atoms with Gasteiger partial charge < -0.3 is 5.32 Å².